The van der Waals surface area contributed by atoms with Gasteiger partial charge in [-0.05, 0) is 61.3 Å². The van der Waals surface area contributed by atoms with Crippen molar-refractivity contribution in [1.29, 1.82) is 0 Å². The second kappa shape index (κ2) is 10.9. The summed E-state index contributed by atoms with van der Waals surface area (Å²) >= 11 is 1.24. The second-order valence-corrected chi connectivity index (χ2v) is 13.7. The Morgan fingerprint density at radius 3 is 2.63 bits per heavy atom. The number of fused-ring (bicyclic) bond motifs is 2. The minimum atomic E-state index is -4.22. The molecule has 216 valence electrons. The average molecular weight is 602 g/mol. The number of hydrogen-bond donors (Lipinski definition) is 3. The first-order valence-electron chi connectivity index (χ1n) is 13.5. The highest BCUT2D eigenvalue weighted by Gasteiger charge is 2.48. The molecule has 14 heteroatoms. The molecule has 0 bridgehead atoms. The molecule has 11 nitrogen and oxygen atoms in total. The van der Waals surface area contributed by atoms with Gasteiger partial charge in [0.2, 0.25) is 17.8 Å². The highest BCUT2D eigenvalue weighted by Crippen LogP contribution is 2.40. The predicted octanol–water partition coefficient (Wildman–Crippen LogP) is 2.78. The lowest BCUT2D eigenvalue weighted by atomic mass is 9.95. The first-order chi connectivity index (χ1) is 19.6. The summed E-state index contributed by atoms with van der Waals surface area (Å²) in [6.07, 6.45) is 5.53. The fourth-order valence-corrected chi connectivity index (χ4v) is 7.77. The number of hydrogen-bond acceptors (Lipinski definition) is 7. The number of carbonyl (C=O) groups excluding carboxylic acids is 3. The molecule has 0 aliphatic carbocycles. The van der Waals surface area contributed by atoms with Gasteiger partial charge in [-0.15, -0.1) is 11.3 Å². The quantitative estimate of drug-likeness (QED) is 0.365. The molecule has 0 spiro atoms. The molecule has 3 aliphatic heterocycles. The standard InChI is InChI=1S/C27H29FN5O6PS/c28-24-23(29-8-9-30-24)17-12-32(13-17)27(36)20-6-5-18-2-1-3-19(26(35)33(18)20)31-25(34)22-11-16-10-15(14-40(37,38)39)4-7-21(16)41-22/h4,7-11,17-20H,1-3,5-6,12-14H2,(H,31,34)(H2,37,38,39)/t18-,19-,20-/m0/s1. The second-order valence-electron chi connectivity index (χ2n) is 10.9. The maximum Gasteiger partial charge on any atom is 0.329 e. The third-order valence-electron chi connectivity index (χ3n) is 8.13. The van der Waals surface area contributed by atoms with Crippen molar-refractivity contribution < 1.29 is 33.1 Å². The van der Waals surface area contributed by atoms with Gasteiger partial charge in [0.15, 0.2) is 0 Å². The lowest BCUT2D eigenvalue weighted by Gasteiger charge is -2.42. The van der Waals surface area contributed by atoms with Crippen LogP contribution in [0.5, 0.6) is 0 Å². The van der Waals surface area contributed by atoms with Gasteiger partial charge in [0.25, 0.3) is 5.91 Å². The molecule has 3 saturated heterocycles. The van der Waals surface area contributed by atoms with Crippen molar-refractivity contribution in [3.63, 3.8) is 0 Å². The van der Waals surface area contributed by atoms with Crippen molar-refractivity contribution in [1.82, 2.24) is 25.1 Å². The molecule has 3 amide bonds. The van der Waals surface area contributed by atoms with Crippen LogP contribution in [0.1, 0.15) is 59.0 Å². The topological polar surface area (TPSA) is 153 Å². The van der Waals surface area contributed by atoms with Gasteiger partial charge in [0, 0.05) is 42.1 Å². The first kappa shape index (κ1) is 27.9. The Balaban J connectivity index is 1.13. The Labute approximate surface area is 238 Å². The molecule has 3 atom stereocenters. The van der Waals surface area contributed by atoms with E-state index in [0.717, 1.165) is 17.5 Å². The van der Waals surface area contributed by atoms with Crippen LogP contribution in [-0.2, 0) is 20.3 Å². The number of benzene rings is 1. The zero-order valence-electron chi connectivity index (χ0n) is 22.0. The molecule has 0 unspecified atom stereocenters. The summed E-state index contributed by atoms with van der Waals surface area (Å²) in [6.45, 7) is 0.638. The molecular weight excluding hydrogens is 572 g/mol. The van der Waals surface area contributed by atoms with E-state index in [-0.39, 0.29) is 35.6 Å². The molecule has 1 aromatic carbocycles. The summed E-state index contributed by atoms with van der Waals surface area (Å²) in [6, 6.07) is 5.22. The van der Waals surface area contributed by atoms with Crippen LogP contribution in [0.3, 0.4) is 0 Å². The van der Waals surface area contributed by atoms with Gasteiger partial charge in [-0.25, -0.2) is 4.98 Å². The number of thiophene rings is 1. The Morgan fingerprint density at radius 2 is 1.88 bits per heavy atom. The van der Waals surface area contributed by atoms with E-state index < -0.39 is 31.5 Å². The van der Waals surface area contributed by atoms with Crippen LogP contribution in [0.25, 0.3) is 10.1 Å². The van der Waals surface area contributed by atoms with Crippen LogP contribution in [0.4, 0.5) is 4.39 Å². The molecule has 0 radical (unpaired) electrons. The lowest BCUT2D eigenvalue weighted by molar-refractivity contribution is -0.148. The number of aromatic nitrogens is 2. The van der Waals surface area contributed by atoms with E-state index in [9.17, 15) is 33.1 Å². The highest BCUT2D eigenvalue weighted by atomic mass is 32.1. The van der Waals surface area contributed by atoms with E-state index in [0.29, 0.717) is 48.2 Å². The third-order valence-corrected chi connectivity index (χ3v) is 10.0. The molecule has 41 heavy (non-hydrogen) atoms. The third kappa shape index (κ3) is 5.63. The monoisotopic (exact) mass is 601 g/mol. The van der Waals surface area contributed by atoms with Crippen LogP contribution < -0.4 is 5.32 Å². The van der Waals surface area contributed by atoms with Crippen molar-refractivity contribution >= 4 is 46.7 Å². The summed E-state index contributed by atoms with van der Waals surface area (Å²) in [5.41, 5.74) is 0.717. The van der Waals surface area contributed by atoms with E-state index in [4.69, 9.17) is 0 Å². The summed E-state index contributed by atoms with van der Waals surface area (Å²) in [7, 11) is -4.22. The van der Waals surface area contributed by atoms with Gasteiger partial charge in [-0.1, -0.05) is 6.07 Å². The van der Waals surface area contributed by atoms with Crippen molar-refractivity contribution in [2.75, 3.05) is 13.1 Å². The van der Waals surface area contributed by atoms with E-state index >= 15 is 0 Å². The minimum Gasteiger partial charge on any atom is -0.340 e. The molecule has 3 aliphatic rings. The minimum absolute atomic E-state index is 0.0652. The largest absolute Gasteiger partial charge is 0.340 e. The maximum atomic E-state index is 14.0. The Morgan fingerprint density at radius 1 is 1.10 bits per heavy atom. The lowest BCUT2D eigenvalue weighted by Crippen LogP contribution is -2.58. The van der Waals surface area contributed by atoms with Crippen LogP contribution in [0, 0.1) is 5.95 Å². The summed E-state index contributed by atoms with van der Waals surface area (Å²) < 4.78 is 26.2. The van der Waals surface area contributed by atoms with Crippen molar-refractivity contribution in [2.45, 2.75) is 62.3 Å². The number of rotatable bonds is 6. The summed E-state index contributed by atoms with van der Waals surface area (Å²) in [5, 5.41) is 3.57. The Kier molecular flexibility index (Phi) is 7.39. The van der Waals surface area contributed by atoms with Gasteiger partial charge < -0.3 is 24.9 Å². The summed E-state index contributed by atoms with van der Waals surface area (Å²) in [5.74, 6) is -1.70. The maximum absolute atomic E-state index is 14.0. The van der Waals surface area contributed by atoms with Gasteiger partial charge >= 0.3 is 7.60 Å². The van der Waals surface area contributed by atoms with Crippen LogP contribution in [0.15, 0.2) is 36.7 Å². The number of carbonyl (C=O) groups is 3. The van der Waals surface area contributed by atoms with Crippen LogP contribution >= 0.6 is 18.9 Å². The van der Waals surface area contributed by atoms with E-state index in [1.54, 1.807) is 34.1 Å². The average Bonchev–Trinajstić information content (AvgIpc) is 3.47. The van der Waals surface area contributed by atoms with Crippen LogP contribution in [0.2, 0.25) is 0 Å². The molecule has 3 N–H and O–H groups in total. The SMILES string of the molecule is O=C(N[C@H]1CCC[C@H]2CC[C@@H](C(=O)N3CC(c4nccnc4F)C3)N2C1=O)c1cc2cc(CP(=O)(O)O)ccc2s1. The number of nitrogens with zero attached hydrogens (tertiary/aromatic N) is 4. The number of halogens is 1. The molecule has 3 fully saturated rings. The van der Waals surface area contributed by atoms with Gasteiger partial charge in [-0.3, -0.25) is 23.9 Å². The van der Waals surface area contributed by atoms with Crippen molar-refractivity contribution in [2.24, 2.45) is 0 Å². The fraction of sp³-hybridized carbons (Fsp3) is 0.444. The van der Waals surface area contributed by atoms with Crippen molar-refractivity contribution in [3.05, 3.63) is 58.7 Å². The van der Waals surface area contributed by atoms with Gasteiger partial charge in [-0.2, -0.15) is 4.39 Å². The molecular formula is C27H29FN5O6PS. The van der Waals surface area contributed by atoms with E-state index in [1.807, 2.05) is 0 Å². The zero-order valence-corrected chi connectivity index (χ0v) is 23.7. The fourth-order valence-electron chi connectivity index (χ4n) is 6.16. The first-order valence-corrected chi connectivity index (χ1v) is 16.1. The number of nitrogens with one attached hydrogen (secondary N) is 1. The highest BCUT2D eigenvalue weighted by molar-refractivity contribution is 7.50. The van der Waals surface area contributed by atoms with E-state index in [1.165, 1.54) is 23.7 Å². The van der Waals surface area contributed by atoms with E-state index in [2.05, 4.69) is 15.3 Å². The molecule has 0 saturated carbocycles. The van der Waals surface area contributed by atoms with Crippen molar-refractivity contribution in [3.8, 4) is 0 Å². The Hall–Kier alpha value is -3.25. The summed E-state index contributed by atoms with van der Waals surface area (Å²) in [4.78, 5) is 70.3. The smallest absolute Gasteiger partial charge is 0.329 e. The number of amides is 3. The van der Waals surface area contributed by atoms with Crippen LogP contribution in [-0.4, -0.2) is 78.5 Å². The predicted molar refractivity (Wildman–Crippen MR) is 148 cm³/mol. The number of likely N-dealkylation sites (tertiary alicyclic amines) is 1. The Bertz CT molecular complexity index is 1570. The van der Waals surface area contributed by atoms with Gasteiger partial charge in [0.1, 0.15) is 17.8 Å². The molecule has 3 aromatic rings. The normalized spacial score (nSPS) is 23.3. The molecule has 6 rings (SSSR count). The molecule has 5 heterocycles. The van der Waals surface area contributed by atoms with Gasteiger partial charge in [0.05, 0.1) is 11.0 Å². The zero-order chi connectivity index (χ0) is 28.9. The molecule has 2 aromatic heterocycles.